The van der Waals surface area contributed by atoms with Crippen molar-refractivity contribution in [2.24, 2.45) is 0 Å². The van der Waals surface area contributed by atoms with Gasteiger partial charge >= 0.3 is 18.2 Å². The van der Waals surface area contributed by atoms with Crippen molar-refractivity contribution >= 4 is 29.5 Å². The van der Waals surface area contributed by atoms with Gasteiger partial charge in [-0.2, -0.15) is 18.3 Å². The summed E-state index contributed by atoms with van der Waals surface area (Å²) < 4.78 is 52.5. The van der Waals surface area contributed by atoms with Crippen LogP contribution in [0.25, 0.3) is 11.3 Å². The number of nitrogens with one attached hydrogen (secondary N) is 1. The van der Waals surface area contributed by atoms with Crippen molar-refractivity contribution in [3.63, 3.8) is 0 Å². The molecule has 1 aliphatic rings. The van der Waals surface area contributed by atoms with Gasteiger partial charge in [-0.25, -0.2) is 19.6 Å². The van der Waals surface area contributed by atoms with E-state index in [0.717, 1.165) is 18.2 Å². The maximum absolute atomic E-state index is 13.4. The monoisotopic (exact) mass is 665 g/mol. The number of benzene rings is 2. The smallest absolute Gasteiger partial charge is 0.416 e. The van der Waals surface area contributed by atoms with Crippen LogP contribution in [-0.2, 0) is 20.4 Å². The second-order valence-electron chi connectivity index (χ2n) is 12.2. The van der Waals surface area contributed by atoms with Gasteiger partial charge in [-0.1, -0.05) is 36.4 Å². The summed E-state index contributed by atoms with van der Waals surface area (Å²) in [6.45, 7) is 6.44. The van der Waals surface area contributed by atoms with Crippen molar-refractivity contribution in [3.8, 4) is 11.3 Å². The van der Waals surface area contributed by atoms with Crippen LogP contribution < -0.4 is 11.1 Å². The van der Waals surface area contributed by atoms with E-state index in [2.05, 4.69) is 20.4 Å². The third-order valence-electron chi connectivity index (χ3n) is 7.40. The average Bonchev–Trinajstić information content (AvgIpc) is 3.53. The molecule has 48 heavy (non-hydrogen) atoms. The third kappa shape index (κ3) is 8.27. The topological polar surface area (TPSA) is 155 Å². The van der Waals surface area contributed by atoms with Crippen molar-refractivity contribution in [3.05, 3.63) is 90.0 Å². The Morgan fingerprint density at radius 3 is 2.38 bits per heavy atom. The van der Waals surface area contributed by atoms with Gasteiger partial charge in [0.1, 0.15) is 5.60 Å². The van der Waals surface area contributed by atoms with E-state index in [-0.39, 0.29) is 40.6 Å². The zero-order valence-corrected chi connectivity index (χ0v) is 26.4. The number of alkyl halides is 3. The summed E-state index contributed by atoms with van der Waals surface area (Å²) in [5.74, 6) is -2.22. The summed E-state index contributed by atoms with van der Waals surface area (Å²) in [5.41, 5.74) is 5.01. The van der Waals surface area contributed by atoms with Gasteiger partial charge in [-0.05, 0) is 51.8 Å². The van der Waals surface area contributed by atoms with Gasteiger partial charge in [-0.15, -0.1) is 0 Å². The molecule has 0 spiro atoms. The molecule has 5 rings (SSSR count). The minimum Gasteiger partial charge on any atom is -0.444 e. The van der Waals surface area contributed by atoms with E-state index in [1.54, 1.807) is 40.2 Å². The van der Waals surface area contributed by atoms with Crippen LogP contribution in [0.2, 0.25) is 0 Å². The summed E-state index contributed by atoms with van der Waals surface area (Å²) in [5, 5.41) is 6.85. The Morgan fingerprint density at radius 2 is 1.71 bits per heavy atom. The second-order valence-corrected chi connectivity index (χ2v) is 12.2. The summed E-state index contributed by atoms with van der Waals surface area (Å²) in [6, 6.07) is 12.1. The lowest BCUT2D eigenvalue weighted by Crippen LogP contribution is -2.42. The molecule has 0 unspecified atom stereocenters. The lowest BCUT2D eigenvalue weighted by atomic mass is 10.1. The summed E-state index contributed by atoms with van der Waals surface area (Å²) >= 11 is 0. The Hall–Kier alpha value is -5.47. The molecule has 15 heteroatoms. The van der Waals surface area contributed by atoms with Crippen LogP contribution >= 0.6 is 0 Å². The number of halogens is 3. The Morgan fingerprint density at radius 1 is 1.00 bits per heavy atom. The summed E-state index contributed by atoms with van der Waals surface area (Å²) in [6.07, 6.45) is -0.572. The normalized spacial score (nSPS) is 14.7. The molecule has 3 N–H and O–H groups in total. The number of ether oxygens (including phenoxy) is 2. The number of piperidine rings is 1. The van der Waals surface area contributed by atoms with Crippen LogP contribution in [0.15, 0.2) is 73.2 Å². The molecular formula is C33H34F3N7O5. The predicted octanol–water partition coefficient (Wildman–Crippen LogP) is 6.05. The number of nitrogen functional groups attached to an aromatic ring is 1. The van der Waals surface area contributed by atoms with Gasteiger partial charge in [0.15, 0.2) is 11.5 Å². The van der Waals surface area contributed by atoms with Crippen molar-refractivity contribution in [2.75, 3.05) is 24.1 Å². The van der Waals surface area contributed by atoms with E-state index in [9.17, 15) is 27.6 Å². The van der Waals surface area contributed by atoms with E-state index >= 15 is 0 Å². The van der Waals surface area contributed by atoms with Crippen molar-refractivity contribution < 1.29 is 37.0 Å². The molecule has 2 aromatic carbocycles. The molecule has 1 fully saturated rings. The summed E-state index contributed by atoms with van der Waals surface area (Å²) in [7, 11) is 0. The first kappa shape index (κ1) is 33.9. The van der Waals surface area contributed by atoms with Crippen LogP contribution in [0.5, 0.6) is 0 Å². The molecule has 0 saturated carbocycles. The Balaban J connectivity index is 1.31. The number of rotatable bonds is 7. The number of amides is 2. The maximum atomic E-state index is 13.4. The molecule has 1 aliphatic heterocycles. The fraction of sp³-hybridized carbons (Fsp3) is 0.333. The molecule has 2 aromatic heterocycles. The first-order chi connectivity index (χ1) is 22.7. The minimum absolute atomic E-state index is 0.00517. The van der Waals surface area contributed by atoms with Crippen LogP contribution in [0.4, 0.5) is 29.5 Å². The number of nitrogens with two attached hydrogens (primary N) is 1. The lowest BCUT2D eigenvalue weighted by molar-refractivity contribution is -0.137. The maximum Gasteiger partial charge on any atom is 0.416 e. The van der Waals surface area contributed by atoms with E-state index in [1.165, 1.54) is 24.4 Å². The van der Waals surface area contributed by atoms with Crippen molar-refractivity contribution in [1.29, 1.82) is 0 Å². The van der Waals surface area contributed by atoms with Gasteiger partial charge in [0, 0.05) is 36.1 Å². The van der Waals surface area contributed by atoms with Gasteiger partial charge < -0.3 is 25.4 Å². The largest absolute Gasteiger partial charge is 0.444 e. The fourth-order valence-corrected chi connectivity index (χ4v) is 5.04. The lowest BCUT2D eigenvalue weighted by Gasteiger charge is -2.33. The first-order valence-electron chi connectivity index (χ1n) is 15.1. The van der Waals surface area contributed by atoms with Crippen LogP contribution in [0.3, 0.4) is 0 Å². The number of aromatic nitrogens is 4. The number of carbonyl (C=O) groups is 3. The molecule has 4 aromatic rings. The average molecular weight is 666 g/mol. The first-order valence-corrected chi connectivity index (χ1v) is 15.1. The number of anilines is 2. The predicted molar refractivity (Wildman–Crippen MR) is 168 cm³/mol. The van der Waals surface area contributed by atoms with Gasteiger partial charge in [0.2, 0.25) is 6.10 Å². The Labute approximate surface area is 274 Å². The highest BCUT2D eigenvalue weighted by molar-refractivity contribution is 5.99. The number of carbonyl (C=O) groups excluding carboxylic acids is 3. The summed E-state index contributed by atoms with van der Waals surface area (Å²) in [4.78, 5) is 49.3. The highest BCUT2D eigenvalue weighted by Crippen LogP contribution is 2.32. The Bertz CT molecular complexity index is 1780. The molecule has 1 atom stereocenters. The number of esters is 1. The zero-order valence-electron chi connectivity index (χ0n) is 26.4. The van der Waals surface area contributed by atoms with Crippen LogP contribution in [0, 0.1) is 0 Å². The molecular weight excluding hydrogens is 631 g/mol. The fourth-order valence-electron chi connectivity index (χ4n) is 5.04. The van der Waals surface area contributed by atoms with E-state index in [0.29, 0.717) is 31.5 Å². The van der Waals surface area contributed by atoms with Crippen molar-refractivity contribution in [1.82, 2.24) is 24.6 Å². The molecule has 1 saturated heterocycles. The number of likely N-dealkylation sites (tertiary alicyclic amines) is 1. The van der Waals surface area contributed by atoms with E-state index < -0.39 is 35.3 Å². The minimum atomic E-state index is -4.62. The number of hydrogen-bond acceptors (Lipinski definition) is 9. The third-order valence-corrected chi connectivity index (χ3v) is 7.40. The highest BCUT2D eigenvalue weighted by Gasteiger charge is 2.32. The van der Waals surface area contributed by atoms with Crippen LogP contribution in [0.1, 0.15) is 67.4 Å². The quantitative estimate of drug-likeness (QED) is 0.225. The highest BCUT2D eigenvalue weighted by atomic mass is 19.4. The van der Waals surface area contributed by atoms with Gasteiger partial charge in [0.25, 0.3) is 5.91 Å². The van der Waals surface area contributed by atoms with Crippen LogP contribution in [-0.4, -0.2) is 61.3 Å². The molecule has 3 heterocycles. The van der Waals surface area contributed by atoms with Gasteiger partial charge in [-0.3, -0.25) is 9.48 Å². The molecule has 252 valence electrons. The van der Waals surface area contributed by atoms with Crippen molar-refractivity contribution in [2.45, 2.75) is 57.5 Å². The number of nitrogens with zero attached hydrogens (tertiary/aromatic N) is 5. The molecule has 2 amide bonds. The van der Waals surface area contributed by atoms with E-state index in [1.807, 2.05) is 20.8 Å². The number of hydrogen-bond donors (Lipinski definition) is 2. The molecule has 12 nitrogen and oxygen atoms in total. The zero-order chi connectivity index (χ0) is 34.6. The Kier molecular flexibility index (Phi) is 9.68. The molecule has 0 bridgehead atoms. The molecule has 0 radical (unpaired) electrons. The van der Waals surface area contributed by atoms with E-state index in [4.69, 9.17) is 15.2 Å². The van der Waals surface area contributed by atoms with Gasteiger partial charge in [0.05, 0.1) is 29.7 Å². The molecule has 0 aliphatic carbocycles. The second kappa shape index (κ2) is 13.7. The standard InChI is InChI=1S/C33H34F3N7O5/c1-32(2,3)48-31(46)42-14-12-24(13-15-42)43-19-21(17-39-43)25-18-38-28(37)26(41-25)30(45)47-27(20-8-5-4-6-9-20)29(44)40-23-11-7-10-22(16-23)33(34,35)36/h4-11,16-19,24,27H,12-15H2,1-3H3,(H2,37,38)(H,40,44)/t27-/m1/s1. The SMILES string of the molecule is CC(C)(C)OC(=O)N1CCC(n2cc(-c3cnc(N)c(C(=O)O[C@@H](C(=O)Nc4cccc(C(F)(F)F)c4)c4ccccc4)n3)cn2)CC1.